The van der Waals surface area contributed by atoms with E-state index in [1.54, 1.807) is 24.4 Å². The van der Waals surface area contributed by atoms with Crippen molar-refractivity contribution in [2.45, 2.75) is 6.42 Å². The molecule has 124 valence electrons. The minimum atomic E-state index is -0.543. The molecular formula is C20H16FN3O. The molecule has 2 heterocycles. The van der Waals surface area contributed by atoms with Crippen LogP contribution in [0.1, 0.15) is 15.9 Å². The number of hydrogen-bond acceptors (Lipinski definition) is 3. The van der Waals surface area contributed by atoms with Gasteiger partial charge in [-0.1, -0.05) is 30.3 Å². The molecule has 0 unspecified atom stereocenters. The Kier molecular flexibility index (Phi) is 3.90. The van der Waals surface area contributed by atoms with Crippen LogP contribution in [0.15, 0.2) is 66.9 Å². The van der Waals surface area contributed by atoms with Crippen molar-refractivity contribution in [3.05, 3.63) is 83.8 Å². The van der Waals surface area contributed by atoms with Crippen LogP contribution in [0.5, 0.6) is 0 Å². The van der Waals surface area contributed by atoms with Gasteiger partial charge in [0, 0.05) is 12.2 Å². The molecule has 0 atom stereocenters. The lowest BCUT2D eigenvalue weighted by atomic mass is 10.2. The predicted molar refractivity (Wildman–Crippen MR) is 95.7 cm³/mol. The molecule has 0 spiro atoms. The van der Waals surface area contributed by atoms with Crippen LogP contribution < -0.4 is 10.2 Å². The lowest BCUT2D eigenvalue weighted by molar-refractivity contribution is 0.102. The maximum Gasteiger partial charge on any atom is 0.258 e. The first-order valence-electron chi connectivity index (χ1n) is 8.10. The van der Waals surface area contributed by atoms with Gasteiger partial charge >= 0.3 is 0 Å². The number of carbonyl (C=O) groups excluding carboxylic acids is 1. The van der Waals surface area contributed by atoms with E-state index in [0.29, 0.717) is 5.69 Å². The third kappa shape index (κ3) is 2.96. The fourth-order valence-corrected chi connectivity index (χ4v) is 3.04. The van der Waals surface area contributed by atoms with Gasteiger partial charge in [0.25, 0.3) is 5.91 Å². The molecule has 0 aliphatic carbocycles. The lowest BCUT2D eigenvalue weighted by Gasteiger charge is -2.18. The molecule has 3 aromatic rings. The van der Waals surface area contributed by atoms with E-state index in [1.165, 1.54) is 17.7 Å². The van der Waals surface area contributed by atoms with E-state index in [1.807, 2.05) is 18.2 Å². The zero-order valence-electron chi connectivity index (χ0n) is 13.4. The first-order chi connectivity index (χ1) is 12.2. The van der Waals surface area contributed by atoms with Gasteiger partial charge in [-0.05, 0) is 42.3 Å². The van der Waals surface area contributed by atoms with Gasteiger partial charge in [0.1, 0.15) is 11.6 Å². The third-order valence-corrected chi connectivity index (χ3v) is 4.29. The van der Waals surface area contributed by atoms with Crippen LogP contribution in [0.3, 0.4) is 0 Å². The number of anilines is 3. The summed E-state index contributed by atoms with van der Waals surface area (Å²) in [6.45, 7) is 0.882. The topological polar surface area (TPSA) is 45.2 Å². The zero-order valence-corrected chi connectivity index (χ0v) is 13.4. The van der Waals surface area contributed by atoms with Gasteiger partial charge in [-0.2, -0.15) is 0 Å². The molecule has 0 saturated heterocycles. The van der Waals surface area contributed by atoms with Gasteiger partial charge in [-0.25, -0.2) is 9.37 Å². The van der Waals surface area contributed by atoms with Crippen LogP contribution >= 0.6 is 0 Å². The number of amides is 1. The third-order valence-electron chi connectivity index (χ3n) is 4.29. The van der Waals surface area contributed by atoms with Crippen molar-refractivity contribution in [2.24, 2.45) is 0 Å². The van der Waals surface area contributed by atoms with Crippen molar-refractivity contribution in [3.63, 3.8) is 0 Å². The van der Waals surface area contributed by atoms with E-state index in [9.17, 15) is 9.18 Å². The van der Waals surface area contributed by atoms with Crippen molar-refractivity contribution in [2.75, 3.05) is 16.8 Å². The average molecular weight is 333 g/mol. The number of halogens is 1. The molecule has 4 rings (SSSR count). The highest BCUT2D eigenvalue weighted by Gasteiger charge is 2.20. The minimum Gasteiger partial charge on any atom is -0.326 e. The van der Waals surface area contributed by atoms with E-state index in [4.69, 9.17) is 0 Å². The molecule has 0 fully saturated rings. The molecule has 1 amide bonds. The predicted octanol–water partition coefficient (Wildman–Crippen LogP) is 4.17. The molecular weight excluding hydrogens is 317 g/mol. The highest BCUT2D eigenvalue weighted by Crippen LogP contribution is 2.33. The Labute approximate surface area is 144 Å². The number of hydrogen-bond donors (Lipinski definition) is 1. The molecule has 1 aliphatic rings. The van der Waals surface area contributed by atoms with Crippen molar-refractivity contribution < 1.29 is 9.18 Å². The Morgan fingerprint density at radius 3 is 2.64 bits per heavy atom. The second-order valence-corrected chi connectivity index (χ2v) is 5.87. The van der Waals surface area contributed by atoms with Crippen molar-refractivity contribution in [1.82, 2.24) is 4.98 Å². The van der Waals surface area contributed by atoms with Gasteiger partial charge < -0.3 is 10.2 Å². The van der Waals surface area contributed by atoms with Gasteiger partial charge in [0.15, 0.2) is 0 Å². The Morgan fingerprint density at radius 2 is 1.84 bits per heavy atom. The normalized spacial score (nSPS) is 12.8. The number of para-hydroxylation sites is 1. The fraction of sp³-hybridized carbons (Fsp3) is 0.100. The molecule has 0 radical (unpaired) electrons. The molecule has 1 aliphatic heterocycles. The Balaban J connectivity index is 1.52. The van der Waals surface area contributed by atoms with Crippen LogP contribution in [0.2, 0.25) is 0 Å². The van der Waals surface area contributed by atoms with Gasteiger partial charge in [0.05, 0.1) is 17.4 Å². The summed E-state index contributed by atoms with van der Waals surface area (Å²) >= 11 is 0. The lowest BCUT2D eigenvalue weighted by Crippen LogP contribution is -2.16. The highest BCUT2D eigenvalue weighted by atomic mass is 19.1. The number of carbonyl (C=O) groups is 1. The molecule has 25 heavy (non-hydrogen) atoms. The Bertz CT molecular complexity index is 924. The summed E-state index contributed by atoms with van der Waals surface area (Å²) in [5, 5.41) is 2.68. The van der Waals surface area contributed by atoms with Crippen molar-refractivity contribution in [1.29, 1.82) is 0 Å². The number of aromatic nitrogens is 1. The van der Waals surface area contributed by atoms with Crippen molar-refractivity contribution >= 4 is 23.1 Å². The first-order valence-corrected chi connectivity index (χ1v) is 8.10. The van der Waals surface area contributed by atoms with Gasteiger partial charge in [0.2, 0.25) is 0 Å². The Hall–Kier alpha value is -3.21. The summed E-state index contributed by atoms with van der Waals surface area (Å²) in [6.07, 6.45) is 2.58. The molecule has 0 saturated carbocycles. The summed E-state index contributed by atoms with van der Waals surface area (Å²) < 4.78 is 13.7. The summed E-state index contributed by atoms with van der Waals surface area (Å²) in [6, 6.07) is 17.8. The summed E-state index contributed by atoms with van der Waals surface area (Å²) in [5.41, 5.74) is 3.02. The van der Waals surface area contributed by atoms with Crippen LogP contribution in [-0.4, -0.2) is 17.4 Å². The van der Waals surface area contributed by atoms with Crippen LogP contribution in [-0.2, 0) is 6.42 Å². The van der Waals surface area contributed by atoms with Gasteiger partial charge in [-0.15, -0.1) is 0 Å². The fourth-order valence-electron chi connectivity index (χ4n) is 3.04. The average Bonchev–Trinajstić information content (AvgIpc) is 3.07. The molecule has 0 bridgehead atoms. The minimum absolute atomic E-state index is 0.0139. The number of nitrogens with zero attached hydrogens (tertiary/aromatic N) is 2. The molecule has 1 N–H and O–H groups in total. The van der Waals surface area contributed by atoms with Crippen LogP contribution in [0, 0.1) is 5.82 Å². The Morgan fingerprint density at radius 1 is 1.04 bits per heavy atom. The van der Waals surface area contributed by atoms with E-state index < -0.39 is 11.7 Å². The van der Waals surface area contributed by atoms with E-state index in [-0.39, 0.29) is 5.56 Å². The van der Waals surface area contributed by atoms with Gasteiger partial charge in [-0.3, -0.25) is 4.79 Å². The molecule has 4 nitrogen and oxygen atoms in total. The quantitative estimate of drug-likeness (QED) is 0.782. The SMILES string of the molecule is O=C(Nc1ccc(N2CCc3ccccc32)nc1)c1ccccc1F. The summed E-state index contributed by atoms with van der Waals surface area (Å²) in [4.78, 5) is 18.7. The van der Waals surface area contributed by atoms with Crippen molar-refractivity contribution in [3.8, 4) is 0 Å². The molecule has 2 aromatic carbocycles. The monoisotopic (exact) mass is 333 g/mol. The number of pyridine rings is 1. The van der Waals surface area contributed by atoms with E-state index in [2.05, 4.69) is 27.3 Å². The maximum absolute atomic E-state index is 13.7. The van der Waals surface area contributed by atoms with E-state index in [0.717, 1.165) is 24.5 Å². The highest BCUT2D eigenvalue weighted by molar-refractivity contribution is 6.04. The number of rotatable bonds is 3. The molecule has 1 aromatic heterocycles. The smallest absolute Gasteiger partial charge is 0.258 e. The number of fused-ring (bicyclic) bond motifs is 1. The van der Waals surface area contributed by atoms with Crippen LogP contribution in [0.4, 0.5) is 21.6 Å². The second-order valence-electron chi connectivity index (χ2n) is 5.87. The van der Waals surface area contributed by atoms with Crippen LogP contribution in [0.25, 0.3) is 0 Å². The number of benzene rings is 2. The maximum atomic E-state index is 13.7. The second kappa shape index (κ2) is 6.36. The summed E-state index contributed by atoms with van der Waals surface area (Å²) in [7, 11) is 0. The number of nitrogens with one attached hydrogen (secondary N) is 1. The summed E-state index contributed by atoms with van der Waals surface area (Å²) in [5.74, 6) is -0.203. The van der Waals surface area contributed by atoms with E-state index >= 15 is 0 Å². The zero-order chi connectivity index (χ0) is 17.2. The first kappa shape index (κ1) is 15.3. The largest absolute Gasteiger partial charge is 0.326 e. The molecule has 5 heteroatoms. The standard InChI is InChI=1S/C20H16FN3O/c21-17-7-3-2-6-16(17)20(25)23-15-9-10-19(22-13-15)24-12-11-14-5-1-4-8-18(14)24/h1-10,13H,11-12H2,(H,23,25).